The highest BCUT2D eigenvalue weighted by Gasteiger charge is 2.22. The Bertz CT molecular complexity index is 1140. The van der Waals surface area contributed by atoms with Gasteiger partial charge in [-0.05, 0) is 38.5 Å². The number of hydrazine groups is 1. The number of aryl methyl sites for hydroxylation is 3. The lowest BCUT2D eigenvalue weighted by Crippen LogP contribution is -2.43. The smallest absolute Gasteiger partial charge is 0.343 e. The Labute approximate surface area is 190 Å². The van der Waals surface area contributed by atoms with Crippen LogP contribution < -0.4 is 10.9 Å². The molecule has 0 saturated carbocycles. The molecule has 3 rings (SSSR count). The lowest BCUT2D eigenvalue weighted by Gasteiger charge is -2.08. The third-order valence-corrected chi connectivity index (χ3v) is 5.07. The molecule has 0 aliphatic heterocycles. The van der Waals surface area contributed by atoms with Crippen LogP contribution in [0.25, 0.3) is 0 Å². The summed E-state index contributed by atoms with van der Waals surface area (Å²) in [5.74, 6) is -1.96. The quantitative estimate of drug-likeness (QED) is 0.440. The molecule has 0 radical (unpaired) electrons. The summed E-state index contributed by atoms with van der Waals surface area (Å²) in [5, 5.41) is 4.43. The molecule has 2 aromatic carbocycles. The number of carbonyl (C=O) groups excluding carboxylic acids is 3. The van der Waals surface area contributed by atoms with Crippen molar-refractivity contribution in [2.75, 3.05) is 6.61 Å². The van der Waals surface area contributed by atoms with Gasteiger partial charge in [-0.1, -0.05) is 59.1 Å². The van der Waals surface area contributed by atoms with E-state index in [1.54, 1.807) is 31.2 Å². The topological polar surface area (TPSA) is 102 Å². The van der Waals surface area contributed by atoms with Crippen molar-refractivity contribution in [2.45, 2.75) is 27.3 Å². The maximum Gasteiger partial charge on any atom is 0.343 e. The van der Waals surface area contributed by atoms with Crippen LogP contribution in [0.2, 0.25) is 5.15 Å². The van der Waals surface area contributed by atoms with E-state index in [9.17, 15) is 14.4 Å². The number of esters is 1. The Morgan fingerprint density at radius 1 is 0.938 bits per heavy atom. The van der Waals surface area contributed by atoms with Crippen LogP contribution in [-0.4, -0.2) is 34.2 Å². The van der Waals surface area contributed by atoms with Crippen LogP contribution in [0.1, 0.15) is 43.1 Å². The van der Waals surface area contributed by atoms with Crippen LogP contribution >= 0.6 is 11.6 Å². The summed E-state index contributed by atoms with van der Waals surface area (Å²) in [5.41, 5.74) is 8.46. The minimum absolute atomic E-state index is 0.0928. The summed E-state index contributed by atoms with van der Waals surface area (Å²) in [4.78, 5) is 36.4. The monoisotopic (exact) mass is 454 g/mol. The number of hydrogen-bond donors (Lipinski definition) is 2. The van der Waals surface area contributed by atoms with E-state index in [0.29, 0.717) is 17.8 Å². The van der Waals surface area contributed by atoms with Gasteiger partial charge in [0, 0.05) is 5.56 Å². The fourth-order valence-electron chi connectivity index (χ4n) is 2.90. The summed E-state index contributed by atoms with van der Waals surface area (Å²) in [6.45, 7) is 5.33. The van der Waals surface area contributed by atoms with Crippen molar-refractivity contribution in [2.24, 2.45) is 0 Å². The summed E-state index contributed by atoms with van der Waals surface area (Å²) in [7, 11) is 0. The molecule has 8 nitrogen and oxygen atoms in total. The van der Waals surface area contributed by atoms with Crippen molar-refractivity contribution in [3.8, 4) is 0 Å². The van der Waals surface area contributed by atoms with Gasteiger partial charge < -0.3 is 4.74 Å². The van der Waals surface area contributed by atoms with Crippen LogP contribution in [0.3, 0.4) is 0 Å². The number of nitrogens with zero attached hydrogens (tertiary/aromatic N) is 2. The van der Waals surface area contributed by atoms with Gasteiger partial charge in [0.1, 0.15) is 10.7 Å². The van der Waals surface area contributed by atoms with Gasteiger partial charge in [0.05, 0.1) is 12.2 Å². The molecule has 32 heavy (non-hydrogen) atoms. The van der Waals surface area contributed by atoms with Gasteiger partial charge in [0.15, 0.2) is 6.61 Å². The van der Waals surface area contributed by atoms with Crippen molar-refractivity contribution >= 4 is 29.4 Å². The number of hydrogen-bond acceptors (Lipinski definition) is 5. The molecule has 0 aliphatic rings. The van der Waals surface area contributed by atoms with Crippen LogP contribution in [0, 0.1) is 20.8 Å². The van der Waals surface area contributed by atoms with Crippen molar-refractivity contribution < 1.29 is 19.1 Å². The minimum atomic E-state index is -0.775. The van der Waals surface area contributed by atoms with Crippen molar-refractivity contribution in [1.82, 2.24) is 20.6 Å². The van der Waals surface area contributed by atoms with E-state index in [4.69, 9.17) is 16.3 Å². The highest BCUT2D eigenvalue weighted by atomic mass is 35.5. The van der Waals surface area contributed by atoms with E-state index in [-0.39, 0.29) is 10.7 Å². The third-order valence-electron chi connectivity index (χ3n) is 4.69. The third kappa shape index (κ3) is 5.73. The molecule has 0 aliphatic carbocycles. The predicted octanol–water partition coefficient (Wildman–Crippen LogP) is 3.13. The average molecular weight is 455 g/mol. The zero-order chi connectivity index (χ0) is 23.3. The normalized spacial score (nSPS) is 10.5. The molecular weight excluding hydrogens is 432 g/mol. The number of benzene rings is 2. The number of carbonyl (C=O) groups is 3. The van der Waals surface area contributed by atoms with Crippen LogP contribution in [0.5, 0.6) is 0 Å². The second-order valence-corrected chi connectivity index (χ2v) is 7.70. The van der Waals surface area contributed by atoms with Gasteiger partial charge in [0.2, 0.25) is 0 Å². The van der Waals surface area contributed by atoms with Crippen LogP contribution in [0.15, 0.2) is 48.5 Å². The van der Waals surface area contributed by atoms with Crippen molar-refractivity contribution in [3.05, 3.63) is 87.2 Å². The minimum Gasteiger partial charge on any atom is -0.452 e. The molecule has 0 atom stereocenters. The fourth-order valence-corrected chi connectivity index (χ4v) is 3.21. The maximum absolute atomic E-state index is 12.5. The molecule has 0 unspecified atom stereocenters. The second kappa shape index (κ2) is 10.1. The van der Waals surface area contributed by atoms with E-state index in [1.807, 2.05) is 38.1 Å². The predicted molar refractivity (Wildman–Crippen MR) is 119 cm³/mol. The lowest BCUT2D eigenvalue weighted by molar-refractivity contribution is -0.125. The van der Waals surface area contributed by atoms with Gasteiger partial charge in [-0.2, -0.15) is 5.10 Å². The summed E-state index contributed by atoms with van der Waals surface area (Å²) in [6.07, 6.45) is 0. The van der Waals surface area contributed by atoms with Crippen LogP contribution in [0.4, 0.5) is 0 Å². The standard InChI is InChI=1S/C23H23ClN4O4/c1-14-4-8-17(9-5-14)12-28-21(24)20(16(3)27-28)23(31)32-13-19(29)25-26-22(30)18-10-6-15(2)7-11-18/h4-11H,12-13H2,1-3H3,(H,25,29)(H,26,30). The zero-order valence-corrected chi connectivity index (χ0v) is 18.7. The molecule has 0 fully saturated rings. The lowest BCUT2D eigenvalue weighted by atomic mass is 10.1. The molecule has 0 saturated heterocycles. The molecule has 1 heterocycles. The first-order valence-electron chi connectivity index (χ1n) is 9.86. The van der Waals surface area contributed by atoms with E-state index in [1.165, 1.54) is 4.68 Å². The molecule has 166 valence electrons. The Morgan fingerprint density at radius 2 is 1.53 bits per heavy atom. The van der Waals surface area contributed by atoms with E-state index in [0.717, 1.165) is 16.7 Å². The Hall–Kier alpha value is -3.65. The first-order chi connectivity index (χ1) is 15.2. The Kier molecular flexibility index (Phi) is 7.27. The first-order valence-corrected chi connectivity index (χ1v) is 10.2. The molecule has 3 aromatic rings. The van der Waals surface area contributed by atoms with Gasteiger partial charge >= 0.3 is 5.97 Å². The Balaban J connectivity index is 1.54. The molecule has 9 heteroatoms. The van der Waals surface area contributed by atoms with Crippen LogP contribution in [-0.2, 0) is 16.1 Å². The molecule has 0 spiro atoms. The number of halogens is 1. The molecule has 2 N–H and O–H groups in total. The molecule has 0 bridgehead atoms. The first kappa shape index (κ1) is 23.0. The highest BCUT2D eigenvalue weighted by molar-refractivity contribution is 6.32. The molecular formula is C23H23ClN4O4. The van der Waals surface area contributed by atoms with Crippen molar-refractivity contribution in [1.29, 1.82) is 0 Å². The SMILES string of the molecule is Cc1ccc(Cn2nc(C)c(C(=O)OCC(=O)NNC(=O)c3ccc(C)cc3)c2Cl)cc1. The number of ether oxygens (including phenoxy) is 1. The summed E-state index contributed by atoms with van der Waals surface area (Å²) >= 11 is 6.34. The zero-order valence-electron chi connectivity index (χ0n) is 17.9. The maximum atomic E-state index is 12.5. The number of rotatable bonds is 6. The fraction of sp³-hybridized carbons (Fsp3) is 0.217. The van der Waals surface area contributed by atoms with Gasteiger partial charge in [-0.15, -0.1) is 0 Å². The van der Waals surface area contributed by atoms with E-state index >= 15 is 0 Å². The van der Waals surface area contributed by atoms with E-state index in [2.05, 4.69) is 16.0 Å². The summed E-state index contributed by atoms with van der Waals surface area (Å²) < 4.78 is 6.54. The highest BCUT2D eigenvalue weighted by Crippen LogP contribution is 2.22. The number of aromatic nitrogens is 2. The molecule has 1 aromatic heterocycles. The van der Waals surface area contributed by atoms with Gasteiger partial charge in [-0.25, -0.2) is 9.48 Å². The van der Waals surface area contributed by atoms with E-state index < -0.39 is 24.4 Å². The Morgan fingerprint density at radius 3 is 2.16 bits per heavy atom. The van der Waals surface area contributed by atoms with Gasteiger partial charge in [-0.3, -0.25) is 20.4 Å². The van der Waals surface area contributed by atoms with Gasteiger partial charge in [0.25, 0.3) is 11.8 Å². The van der Waals surface area contributed by atoms with Crippen molar-refractivity contribution in [3.63, 3.8) is 0 Å². The average Bonchev–Trinajstić information content (AvgIpc) is 3.05. The second-order valence-electron chi connectivity index (χ2n) is 7.34. The largest absolute Gasteiger partial charge is 0.452 e. The number of amides is 2. The summed E-state index contributed by atoms with van der Waals surface area (Å²) in [6, 6.07) is 14.7. The number of nitrogens with one attached hydrogen (secondary N) is 2. The molecule has 2 amide bonds.